The highest BCUT2D eigenvalue weighted by Crippen LogP contribution is 2.76. The quantitative estimate of drug-likeness (QED) is 0.174. The second-order valence-corrected chi connectivity index (χ2v) is 24.4. The molecule has 6 fully saturated rings. The molecule has 8 rings (SSSR count). The lowest BCUT2D eigenvalue weighted by Gasteiger charge is -2.72. The van der Waals surface area contributed by atoms with Crippen LogP contribution in [0.25, 0.3) is 0 Å². The minimum Gasteiger partial charge on any atom is -0.464 e. The molecule has 0 aliphatic heterocycles. The Balaban J connectivity index is 1.03. The molecule has 0 aromatic heterocycles. The maximum Gasteiger partial charge on any atom is 0.310 e. The third-order valence-electron chi connectivity index (χ3n) is 19.6. The molecular weight excluding hydrogens is 786 g/mol. The summed E-state index contributed by atoms with van der Waals surface area (Å²) >= 11 is 6.18. The molecule has 0 bridgehead atoms. The van der Waals surface area contributed by atoms with Gasteiger partial charge < -0.3 is 14.8 Å². The maximum absolute atomic E-state index is 14.7. The SMILES string of the molecule is CC(C)C1=C2[C@H]3CC[C@@H]4[C@@]5(C)CC[C@H](OC(=O)[C@H]6C[C@@H](OC=O)C6(C)C)C(C)(C)[C@@H]5CC[C@@]4(C)[C@]3(C)CC[C@@]2(NC(=O)C(C)(C)CC(=O)C2(c3ccc(Cl)cc3)CC2)CC1=O. The van der Waals surface area contributed by atoms with Gasteiger partial charge in [-0.05, 0) is 139 Å². The number of ketones is 2. The van der Waals surface area contributed by atoms with Crippen molar-refractivity contribution in [3.63, 3.8) is 0 Å². The van der Waals surface area contributed by atoms with Gasteiger partial charge in [0.2, 0.25) is 5.91 Å². The molecule has 1 aromatic carbocycles. The zero-order valence-corrected chi connectivity index (χ0v) is 39.6. The summed E-state index contributed by atoms with van der Waals surface area (Å²) in [6, 6.07) is 7.56. The summed E-state index contributed by atoms with van der Waals surface area (Å²) in [5, 5.41) is 4.21. The van der Waals surface area contributed by atoms with Crippen LogP contribution in [-0.4, -0.2) is 47.7 Å². The van der Waals surface area contributed by atoms with Gasteiger partial charge >= 0.3 is 5.97 Å². The molecule has 61 heavy (non-hydrogen) atoms. The molecule has 8 nitrogen and oxygen atoms in total. The number of ether oxygens (including phenoxy) is 2. The van der Waals surface area contributed by atoms with Gasteiger partial charge in [-0.2, -0.15) is 0 Å². The lowest BCUT2D eigenvalue weighted by molar-refractivity contribution is -0.236. The summed E-state index contributed by atoms with van der Waals surface area (Å²) in [5.41, 5.74) is 0.151. The molecular formula is C52H72ClNO7. The molecule has 334 valence electrons. The Morgan fingerprint density at radius 3 is 2.11 bits per heavy atom. The average molecular weight is 859 g/mol. The summed E-state index contributed by atoms with van der Waals surface area (Å²) in [6.07, 6.45) is 9.64. The van der Waals surface area contributed by atoms with Crippen molar-refractivity contribution < 1.29 is 33.4 Å². The van der Waals surface area contributed by atoms with E-state index in [1.54, 1.807) is 0 Å². The third kappa shape index (κ3) is 6.49. The van der Waals surface area contributed by atoms with E-state index in [2.05, 4.69) is 53.8 Å². The molecule has 7 aliphatic rings. The lowest BCUT2D eigenvalue weighted by atomic mass is 9.33. The van der Waals surface area contributed by atoms with Crippen molar-refractivity contribution in [2.75, 3.05) is 0 Å². The predicted molar refractivity (Wildman–Crippen MR) is 236 cm³/mol. The number of amides is 1. The van der Waals surface area contributed by atoms with Crippen molar-refractivity contribution in [3.05, 3.63) is 46.0 Å². The number of rotatable bonds is 11. The van der Waals surface area contributed by atoms with Gasteiger partial charge in [0.15, 0.2) is 5.78 Å². The van der Waals surface area contributed by atoms with E-state index in [1.165, 1.54) is 5.57 Å². The van der Waals surface area contributed by atoms with E-state index in [9.17, 15) is 24.0 Å². The maximum atomic E-state index is 14.7. The van der Waals surface area contributed by atoms with Crippen LogP contribution in [0.5, 0.6) is 0 Å². The van der Waals surface area contributed by atoms with Crippen molar-refractivity contribution in [1.29, 1.82) is 0 Å². The zero-order chi connectivity index (χ0) is 44.5. The second kappa shape index (κ2) is 14.5. The van der Waals surface area contributed by atoms with E-state index in [1.807, 2.05) is 52.0 Å². The number of carbonyl (C=O) groups excluding carboxylic acids is 5. The van der Waals surface area contributed by atoms with Gasteiger partial charge in [0.25, 0.3) is 6.47 Å². The number of allylic oxidation sites excluding steroid dienone is 1. The van der Waals surface area contributed by atoms with Gasteiger partial charge in [-0.3, -0.25) is 24.0 Å². The summed E-state index contributed by atoms with van der Waals surface area (Å²) < 4.78 is 11.8. The highest BCUT2D eigenvalue weighted by molar-refractivity contribution is 6.30. The van der Waals surface area contributed by atoms with Crippen LogP contribution in [0.4, 0.5) is 0 Å². The highest BCUT2D eigenvalue weighted by atomic mass is 35.5. The normalized spacial score (nSPS) is 39.1. The minimum absolute atomic E-state index is 0.00709. The van der Waals surface area contributed by atoms with Crippen molar-refractivity contribution in [1.82, 2.24) is 5.32 Å². The fourth-order valence-corrected chi connectivity index (χ4v) is 15.5. The highest BCUT2D eigenvalue weighted by Gasteiger charge is 2.71. The van der Waals surface area contributed by atoms with Crippen LogP contribution in [0.15, 0.2) is 35.4 Å². The van der Waals surface area contributed by atoms with Crippen molar-refractivity contribution >= 4 is 41.5 Å². The molecule has 10 atom stereocenters. The molecule has 1 N–H and O–H groups in total. The molecule has 0 unspecified atom stereocenters. The van der Waals surface area contributed by atoms with E-state index in [-0.39, 0.29) is 81.5 Å². The van der Waals surface area contributed by atoms with Crippen molar-refractivity contribution in [3.8, 4) is 0 Å². The molecule has 1 amide bonds. The van der Waals surface area contributed by atoms with E-state index in [0.717, 1.165) is 68.9 Å². The second-order valence-electron chi connectivity index (χ2n) is 23.9. The first-order chi connectivity index (χ1) is 28.3. The number of carbonyl (C=O) groups is 5. The van der Waals surface area contributed by atoms with E-state index in [0.29, 0.717) is 42.6 Å². The number of Topliss-reactive ketones (excluding diaryl/α,β-unsaturated/α-hetero) is 2. The van der Waals surface area contributed by atoms with Crippen LogP contribution in [-0.2, 0) is 38.9 Å². The standard InChI is InChI=1S/C52H72ClNO7/c1-30(2)41-35(56)27-52(54-44(59)45(3,4)28-38(57)51(23-24-51)31-12-14-32(53)15-13-31)25-22-49(10)33(42(41)52)16-17-37-48(9)20-19-39(47(7,8)36(48)18-21-50(37,49)11)61-43(58)34-26-40(60-29-55)46(34,5)6/h12-15,29-30,33-34,36-37,39-40H,16-28H2,1-11H3,(H,54,59)/t33-,34-,36+,37-,39+,40-,48+,49-,50-,52-/m1/s1. The Bertz CT molecular complexity index is 2040. The summed E-state index contributed by atoms with van der Waals surface area (Å²) in [4.78, 5) is 67.8. The number of halogens is 1. The van der Waals surface area contributed by atoms with Gasteiger partial charge in [-0.1, -0.05) is 99.9 Å². The van der Waals surface area contributed by atoms with E-state index in [4.69, 9.17) is 21.1 Å². The average Bonchev–Trinajstić information content (AvgIpc) is 3.93. The Morgan fingerprint density at radius 1 is 0.836 bits per heavy atom. The van der Waals surface area contributed by atoms with E-state index < -0.39 is 21.8 Å². The summed E-state index contributed by atoms with van der Waals surface area (Å²) in [5.74, 6) is 0.715. The van der Waals surface area contributed by atoms with Crippen LogP contribution in [0.1, 0.15) is 165 Å². The molecule has 0 heterocycles. The third-order valence-corrected chi connectivity index (χ3v) is 19.8. The molecule has 0 radical (unpaired) electrons. The van der Waals surface area contributed by atoms with Gasteiger partial charge in [-0.25, -0.2) is 0 Å². The number of esters is 1. The van der Waals surface area contributed by atoms with Crippen LogP contribution in [0.3, 0.4) is 0 Å². The largest absolute Gasteiger partial charge is 0.464 e. The predicted octanol–water partition coefficient (Wildman–Crippen LogP) is 10.7. The summed E-state index contributed by atoms with van der Waals surface area (Å²) in [7, 11) is 0. The fraction of sp³-hybridized carbons (Fsp3) is 0.750. The van der Waals surface area contributed by atoms with E-state index >= 15 is 0 Å². The molecule has 7 aliphatic carbocycles. The van der Waals surface area contributed by atoms with Crippen molar-refractivity contribution in [2.24, 2.45) is 62.1 Å². The molecule has 9 heteroatoms. The van der Waals surface area contributed by atoms with Gasteiger partial charge in [0.1, 0.15) is 18.0 Å². The topological polar surface area (TPSA) is 116 Å². The number of hydrogen-bond acceptors (Lipinski definition) is 7. The Labute approximate surface area is 369 Å². The number of nitrogens with one attached hydrogen (secondary N) is 1. The molecule has 6 saturated carbocycles. The lowest BCUT2D eigenvalue weighted by Crippen LogP contribution is -2.67. The van der Waals surface area contributed by atoms with Crippen LogP contribution in [0, 0.1) is 62.1 Å². The van der Waals surface area contributed by atoms with Crippen LogP contribution < -0.4 is 5.32 Å². The van der Waals surface area contributed by atoms with Crippen molar-refractivity contribution in [2.45, 2.75) is 183 Å². The fourth-order valence-electron chi connectivity index (χ4n) is 15.4. The summed E-state index contributed by atoms with van der Waals surface area (Å²) in [6.45, 7) is 24.8. The number of fused-ring (bicyclic) bond motifs is 7. The number of benzene rings is 1. The molecule has 0 spiro atoms. The Kier molecular flexibility index (Phi) is 10.6. The number of hydrogen-bond donors (Lipinski definition) is 1. The smallest absolute Gasteiger partial charge is 0.310 e. The zero-order valence-electron chi connectivity index (χ0n) is 38.9. The first kappa shape index (κ1) is 44.6. The monoisotopic (exact) mass is 857 g/mol. The van der Waals surface area contributed by atoms with Crippen LogP contribution >= 0.6 is 11.6 Å². The van der Waals surface area contributed by atoms with Gasteiger partial charge in [0.05, 0.1) is 22.3 Å². The first-order valence-corrected chi connectivity index (χ1v) is 23.9. The minimum atomic E-state index is -0.957. The van der Waals surface area contributed by atoms with Gasteiger partial charge in [-0.15, -0.1) is 0 Å². The van der Waals surface area contributed by atoms with Gasteiger partial charge in [0, 0.05) is 28.7 Å². The first-order valence-electron chi connectivity index (χ1n) is 23.5. The molecule has 1 aromatic rings. The molecule has 0 saturated heterocycles. The Morgan fingerprint density at radius 2 is 1.51 bits per heavy atom. The van der Waals surface area contributed by atoms with Crippen LogP contribution in [0.2, 0.25) is 5.02 Å². The Hall–Kier alpha value is -3.00.